The first-order chi connectivity index (χ1) is 7.20. The molecule has 0 fully saturated rings. The maximum absolute atomic E-state index is 10.9. The van der Waals surface area contributed by atoms with Crippen molar-refractivity contribution in [2.45, 2.75) is 6.42 Å². The van der Waals surface area contributed by atoms with Crippen molar-refractivity contribution in [1.82, 2.24) is 0 Å². The number of carbonyl (C=O) groups is 1. The molecule has 2 aromatic rings. The molecule has 0 spiro atoms. The van der Waals surface area contributed by atoms with Crippen LogP contribution in [0.5, 0.6) is 5.75 Å². The molecule has 0 bridgehead atoms. The molecule has 1 heterocycles. The predicted octanol–water partition coefficient (Wildman–Crippen LogP) is 0.933. The van der Waals surface area contributed by atoms with Crippen molar-refractivity contribution in [3.8, 4) is 5.75 Å². The number of methoxy groups -OCH3 is 1. The van der Waals surface area contributed by atoms with E-state index in [0.29, 0.717) is 20.9 Å². The molecule has 0 atom stereocenters. The van der Waals surface area contributed by atoms with Crippen LogP contribution < -0.4 is 10.5 Å². The molecule has 0 saturated heterocycles. The summed E-state index contributed by atoms with van der Waals surface area (Å²) >= 11 is 0.326. The summed E-state index contributed by atoms with van der Waals surface area (Å²) in [5.74, 6) is 0.537. The Kier molecular flexibility index (Phi) is 2.80. The molecule has 1 aromatic heterocycles. The van der Waals surface area contributed by atoms with Crippen LogP contribution in [0.1, 0.15) is 5.56 Å². The quantitative estimate of drug-likeness (QED) is 0.842. The maximum atomic E-state index is 10.9. The zero-order chi connectivity index (χ0) is 10.8. The first-order valence-corrected chi connectivity index (χ1v) is 6.37. The zero-order valence-electron chi connectivity index (χ0n) is 8.32. The third-order valence-electron chi connectivity index (χ3n) is 2.23. The molecule has 3 nitrogen and oxygen atoms in total. The van der Waals surface area contributed by atoms with Crippen LogP contribution in [0.2, 0.25) is 0 Å². The summed E-state index contributed by atoms with van der Waals surface area (Å²) in [6.07, 6.45) is 0.321. The standard InChI is InChI=1S/C11H11NO2Se/c1-14-8-2-3-10-9(5-8)7(6-15-10)4-11(12)13/h2-3,5-6H,4H2,1H3,(H2,12,13). The van der Waals surface area contributed by atoms with Gasteiger partial charge < -0.3 is 0 Å². The number of hydrogen-bond acceptors (Lipinski definition) is 2. The molecule has 2 rings (SSSR count). The van der Waals surface area contributed by atoms with Gasteiger partial charge in [0.25, 0.3) is 0 Å². The van der Waals surface area contributed by atoms with Crippen molar-refractivity contribution in [1.29, 1.82) is 0 Å². The van der Waals surface area contributed by atoms with Gasteiger partial charge in [-0.2, -0.15) is 0 Å². The molecule has 2 N–H and O–H groups in total. The number of primary amides is 1. The van der Waals surface area contributed by atoms with E-state index in [4.69, 9.17) is 10.5 Å². The van der Waals surface area contributed by atoms with E-state index in [-0.39, 0.29) is 5.91 Å². The molecule has 1 amide bonds. The number of amides is 1. The first-order valence-electron chi connectivity index (χ1n) is 4.53. The molecule has 0 aliphatic rings. The number of fused-ring (bicyclic) bond motifs is 1. The first kappa shape index (κ1) is 10.3. The van der Waals surface area contributed by atoms with E-state index >= 15 is 0 Å². The molecule has 0 unspecified atom stereocenters. The monoisotopic (exact) mass is 269 g/mol. The van der Waals surface area contributed by atoms with Gasteiger partial charge in [-0.15, -0.1) is 0 Å². The van der Waals surface area contributed by atoms with Crippen LogP contribution in [0.15, 0.2) is 23.1 Å². The summed E-state index contributed by atoms with van der Waals surface area (Å²) in [7, 11) is 1.64. The van der Waals surface area contributed by atoms with Crippen molar-refractivity contribution >= 4 is 30.1 Å². The summed E-state index contributed by atoms with van der Waals surface area (Å²) in [6, 6.07) is 5.97. The zero-order valence-corrected chi connectivity index (χ0v) is 10.0. The SMILES string of the molecule is COc1ccc2[se]cc(CC(N)=O)c2c1. The van der Waals surface area contributed by atoms with Gasteiger partial charge in [-0.1, -0.05) is 0 Å². The van der Waals surface area contributed by atoms with Crippen LogP contribution in [0.4, 0.5) is 0 Å². The number of ether oxygens (including phenoxy) is 1. The van der Waals surface area contributed by atoms with Gasteiger partial charge in [0.2, 0.25) is 0 Å². The number of nitrogens with two attached hydrogens (primary N) is 1. The second kappa shape index (κ2) is 4.09. The van der Waals surface area contributed by atoms with Crippen LogP contribution >= 0.6 is 0 Å². The molecular formula is C11H11NO2Se. The minimum absolute atomic E-state index is 0.285. The third kappa shape index (κ3) is 2.06. The minimum atomic E-state index is -0.285. The number of benzene rings is 1. The van der Waals surface area contributed by atoms with E-state index in [2.05, 4.69) is 11.0 Å². The molecular weight excluding hydrogens is 257 g/mol. The average molecular weight is 268 g/mol. The number of carbonyl (C=O) groups excluding carboxylic acids is 1. The summed E-state index contributed by atoms with van der Waals surface area (Å²) < 4.78 is 6.45. The van der Waals surface area contributed by atoms with Crippen LogP contribution in [-0.4, -0.2) is 27.5 Å². The number of hydrogen-bond donors (Lipinski definition) is 1. The second-order valence-corrected chi connectivity index (χ2v) is 5.18. The fourth-order valence-corrected chi connectivity index (χ4v) is 3.49. The normalized spacial score (nSPS) is 10.5. The Morgan fingerprint density at radius 2 is 2.33 bits per heavy atom. The van der Waals surface area contributed by atoms with Crippen molar-refractivity contribution < 1.29 is 9.53 Å². The van der Waals surface area contributed by atoms with E-state index < -0.39 is 0 Å². The van der Waals surface area contributed by atoms with Crippen molar-refractivity contribution in [2.24, 2.45) is 5.73 Å². The molecule has 0 aliphatic heterocycles. The molecule has 0 saturated carbocycles. The summed E-state index contributed by atoms with van der Waals surface area (Å²) in [5, 5.41) is 1.12. The molecule has 78 valence electrons. The Labute approximate surface area is 93.6 Å². The van der Waals surface area contributed by atoms with Gasteiger partial charge in [0, 0.05) is 0 Å². The van der Waals surface area contributed by atoms with E-state index in [1.54, 1.807) is 7.11 Å². The van der Waals surface area contributed by atoms with Crippen molar-refractivity contribution in [3.05, 3.63) is 28.7 Å². The van der Waals surface area contributed by atoms with Gasteiger partial charge in [0.15, 0.2) is 0 Å². The predicted molar refractivity (Wildman–Crippen MR) is 60.3 cm³/mol. The van der Waals surface area contributed by atoms with Gasteiger partial charge in [-0.05, 0) is 0 Å². The number of rotatable bonds is 3. The van der Waals surface area contributed by atoms with Gasteiger partial charge >= 0.3 is 93.3 Å². The van der Waals surface area contributed by atoms with E-state index in [1.165, 1.54) is 4.26 Å². The molecule has 15 heavy (non-hydrogen) atoms. The molecule has 0 aliphatic carbocycles. The van der Waals surface area contributed by atoms with Crippen molar-refractivity contribution in [3.63, 3.8) is 0 Å². The Morgan fingerprint density at radius 3 is 3.00 bits per heavy atom. The molecule has 4 heteroatoms. The Morgan fingerprint density at radius 1 is 1.53 bits per heavy atom. The Bertz CT molecular complexity index is 504. The third-order valence-corrected chi connectivity index (χ3v) is 4.35. The van der Waals surface area contributed by atoms with Crippen molar-refractivity contribution in [2.75, 3.05) is 7.11 Å². The van der Waals surface area contributed by atoms with Gasteiger partial charge in [-0.25, -0.2) is 0 Å². The van der Waals surface area contributed by atoms with Gasteiger partial charge in [-0.3, -0.25) is 0 Å². The van der Waals surface area contributed by atoms with Gasteiger partial charge in [0.1, 0.15) is 0 Å². The second-order valence-electron chi connectivity index (χ2n) is 3.27. The summed E-state index contributed by atoms with van der Waals surface area (Å²) in [4.78, 5) is 13.0. The average Bonchev–Trinajstić information content (AvgIpc) is 2.60. The Hall–Kier alpha value is -1.25. The van der Waals surface area contributed by atoms with E-state index in [9.17, 15) is 4.79 Å². The van der Waals surface area contributed by atoms with Crippen LogP contribution in [0.3, 0.4) is 0 Å². The van der Waals surface area contributed by atoms with Crippen LogP contribution in [0.25, 0.3) is 9.65 Å². The van der Waals surface area contributed by atoms with Gasteiger partial charge in [0.05, 0.1) is 0 Å². The van der Waals surface area contributed by atoms with Crippen LogP contribution in [-0.2, 0) is 11.2 Å². The fraction of sp³-hybridized carbons (Fsp3) is 0.182. The molecule has 0 radical (unpaired) electrons. The van der Waals surface area contributed by atoms with Crippen LogP contribution in [0, 0.1) is 0 Å². The fourth-order valence-electron chi connectivity index (χ4n) is 1.51. The summed E-state index contributed by atoms with van der Waals surface area (Å²) in [6.45, 7) is 0. The summed E-state index contributed by atoms with van der Waals surface area (Å²) in [5.41, 5.74) is 6.23. The topological polar surface area (TPSA) is 52.3 Å². The van der Waals surface area contributed by atoms with E-state index in [1.807, 2.05) is 12.1 Å². The van der Waals surface area contributed by atoms with E-state index in [0.717, 1.165) is 16.7 Å². The Balaban J connectivity index is 2.51. The molecule has 1 aromatic carbocycles.